The van der Waals surface area contributed by atoms with Crippen LogP contribution in [0.2, 0.25) is 0 Å². The lowest BCUT2D eigenvalue weighted by Crippen LogP contribution is -2.26. The number of benzene rings is 1. The van der Waals surface area contributed by atoms with Crippen LogP contribution < -0.4 is 5.56 Å². The van der Waals surface area contributed by atoms with Crippen molar-refractivity contribution in [1.29, 1.82) is 0 Å². The molecule has 3 aromatic rings. The predicted molar refractivity (Wildman–Crippen MR) is 84.4 cm³/mol. The largest absolute Gasteiger partial charge is 0.293 e. The minimum atomic E-state index is -0.142. The van der Waals surface area contributed by atoms with Crippen LogP contribution in [0.5, 0.6) is 0 Å². The van der Waals surface area contributed by atoms with Crippen LogP contribution in [-0.4, -0.2) is 14.8 Å². The number of hydrogen-bond donors (Lipinski definition) is 0. The van der Waals surface area contributed by atoms with Gasteiger partial charge in [0.25, 0.3) is 5.56 Å². The Bertz CT molecular complexity index is 848. The second-order valence-corrected chi connectivity index (χ2v) is 5.46. The van der Waals surface area contributed by atoms with Crippen LogP contribution >= 0.6 is 0 Å². The molecule has 0 bridgehead atoms. The van der Waals surface area contributed by atoms with E-state index in [2.05, 4.69) is 10.1 Å². The summed E-state index contributed by atoms with van der Waals surface area (Å²) in [7, 11) is 0. The molecule has 0 saturated heterocycles. The van der Waals surface area contributed by atoms with Crippen LogP contribution in [0.4, 0.5) is 0 Å². The van der Waals surface area contributed by atoms with Crippen molar-refractivity contribution in [3.63, 3.8) is 0 Å². The van der Waals surface area contributed by atoms with E-state index in [-0.39, 0.29) is 11.6 Å². The van der Waals surface area contributed by atoms with Crippen molar-refractivity contribution < 1.29 is 0 Å². The van der Waals surface area contributed by atoms with E-state index in [1.165, 1.54) is 10.2 Å². The van der Waals surface area contributed by atoms with Gasteiger partial charge in [-0.15, -0.1) is 0 Å². The molecule has 21 heavy (non-hydrogen) atoms. The predicted octanol–water partition coefficient (Wildman–Crippen LogP) is 3.35. The Balaban J connectivity index is 2.38. The van der Waals surface area contributed by atoms with Crippen LogP contribution in [0.15, 0.2) is 47.4 Å². The smallest absolute Gasteiger partial charge is 0.265 e. The van der Waals surface area contributed by atoms with Crippen LogP contribution in [0, 0.1) is 6.92 Å². The summed E-state index contributed by atoms with van der Waals surface area (Å²) in [5, 5.41) is 5.36. The lowest BCUT2D eigenvalue weighted by molar-refractivity contribution is 0.509. The first-order chi connectivity index (χ1) is 10.1. The van der Waals surface area contributed by atoms with Gasteiger partial charge in [0.2, 0.25) is 0 Å². The average Bonchev–Trinajstić information content (AvgIpc) is 2.49. The van der Waals surface area contributed by atoms with Gasteiger partial charge in [-0.3, -0.25) is 9.78 Å². The Labute approximate surface area is 123 Å². The number of aryl methyl sites for hydroxylation is 1. The van der Waals surface area contributed by atoms with Gasteiger partial charge in [0.05, 0.1) is 6.04 Å². The highest BCUT2D eigenvalue weighted by atomic mass is 16.1. The highest BCUT2D eigenvalue weighted by Gasteiger charge is 2.14. The molecule has 0 radical (unpaired) electrons. The summed E-state index contributed by atoms with van der Waals surface area (Å²) < 4.78 is 1.50. The molecule has 0 fully saturated rings. The third kappa shape index (κ3) is 2.33. The number of hydrogen-bond acceptors (Lipinski definition) is 3. The molecule has 0 N–H and O–H groups in total. The maximum Gasteiger partial charge on any atom is 0.293 e. The van der Waals surface area contributed by atoms with Gasteiger partial charge in [0, 0.05) is 17.1 Å². The second-order valence-electron chi connectivity index (χ2n) is 5.46. The first-order valence-electron chi connectivity index (χ1n) is 7.02. The molecule has 1 aromatic carbocycles. The van der Waals surface area contributed by atoms with Crippen LogP contribution in [-0.2, 0) is 0 Å². The second kappa shape index (κ2) is 5.13. The Morgan fingerprint density at radius 3 is 2.48 bits per heavy atom. The number of aromatic nitrogens is 3. The van der Waals surface area contributed by atoms with Crippen molar-refractivity contribution in [3.05, 3.63) is 58.5 Å². The highest BCUT2D eigenvalue weighted by Crippen LogP contribution is 2.24. The zero-order valence-corrected chi connectivity index (χ0v) is 12.4. The monoisotopic (exact) mass is 279 g/mol. The lowest BCUT2D eigenvalue weighted by atomic mass is 10.1. The third-order valence-electron chi connectivity index (χ3n) is 3.50. The third-order valence-corrected chi connectivity index (χ3v) is 3.50. The number of nitrogens with zero attached hydrogens (tertiary/aromatic N) is 3. The Morgan fingerprint density at radius 2 is 1.81 bits per heavy atom. The van der Waals surface area contributed by atoms with Crippen molar-refractivity contribution in [1.82, 2.24) is 14.8 Å². The molecule has 0 unspecified atom stereocenters. The summed E-state index contributed by atoms with van der Waals surface area (Å²) in [5.74, 6) is 0. The number of pyridine rings is 1. The van der Waals surface area contributed by atoms with Crippen LogP contribution in [0.25, 0.3) is 22.2 Å². The van der Waals surface area contributed by atoms with Crippen LogP contribution in [0.1, 0.15) is 25.5 Å². The van der Waals surface area contributed by atoms with Crippen LogP contribution in [0.3, 0.4) is 0 Å². The van der Waals surface area contributed by atoms with Gasteiger partial charge in [-0.25, -0.2) is 4.68 Å². The summed E-state index contributed by atoms with van der Waals surface area (Å²) in [6.07, 6.45) is 1.65. The molecule has 0 aliphatic rings. The van der Waals surface area contributed by atoms with E-state index >= 15 is 0 Å². The maximum atomic E-state index is 12.4. The van der Waals surface area contributed by atoms with Crippen molar-refractivity contribution in [2.24, 2.45) is 0 Å². The zero-order valence-electron chi connectivity index (χ0n) is 12.4. The first-order valence-corrected chi connectivity index (χ1v) is 7.02. The summed E-state index contributed by atoms with van der Waals surface area (Å²) in [4.78, 5) is 16.7. The molecule has 0 aliphatic carbocycles. The zero-order chi connectivity index (χ0) is 15.0. The molecule has 0 atom stereocenters. The van der Waals surface area contributed by atoms with Crippen molar-refractivity contribution in [2.45, 2.75) is 26.8 Å². The molecule has 4 heteroatoms. The maximum absolute atomic E-state index is 12.4. The fourth-order valence-electron chi connectivity index (χ4n) is 2.36. The Hall–Kier alpha value is -2.49. The molecule has 2 heterocycles. The standard InChI is InChI=1S/C17H17N3O/c1-11(2)20-17(21)16-14(5-4-10-18-16)15(19-20)13-8-6-12(3)7-9-13/h4-11H,1-3H3. The molecule has 4 nitrogen and oxygen atoms in total. The van der Waals surface area contributed by atoms with Crippen molar-refractivity contribution >= 4 is 10.9 Å². The summed E-state index contributed by atoms with van der Waals surface area (Å²) in [6.45, 7) is 5.94. The topological polar surface area (TPSA) is 47.8 Å². The van der Waals surface area contributed by atoms with E-state index in [4.69, 9.17) is 0 Å². The number of rotatable bonds is 2. The molecule has 3 rings (SSSR count). The van der Waals surface area contributed by atoms with E-state index in [1.807, 2.05) is 57.2 Å². The van der Waals surface area contributed by atoms with Gasteiger partial charge < -0.3 is 0 Å². The first kappa shape index (κ1) is 13.5. The summed E-state index contributed by atoms with van der Waals surface area (Å²) in [6, 6.07) is 11.9. The van der Waals surface area contributed by atoms with E-state index in [9.17, 15) is 4.79 Å². The fourth-order valence-corrected chi connectivity index (χ4v) is 2.36. The molecular formula is C17H17N3O. The number of fused-ring (bicyclic) bond motifs is 1. The lowest BCUT2D eigenvalue weighted by Gasteiger charge is -2.13. The molecule has 0 saturated carbocycles. The van der Waals surface area contributed by atoms with Gasteiger partial charge in [-0.05, 0) is 32.9 Å². The van der Waals surface area contributed by atoms with Gasteiger partial charge in [-0.2, -0.15) is 5.10 Å². The van der Waals surface area contributed by atoms with Crippen molar-refractivity contribution in [2.75, 3.05) is 0 Å². The normalized spacial score (nSPS) is 11.2. The Kier molecular flexibility index (Phi) is 3.29. The van der Waals surface area contributed by atoms with Gasteiger partial charge in [-0.1, -0.05) is 29.8 Å². The highest BCUT2D eigenvalue weighted by molar-refractivity contribution is 5.91. The SMILES string of the molecule is Cc1ccc(-c2nn(C(C)C)c(=O)c3ncccc23)cc1. The molecule has 2 aromatic heterocycles. The van der Waals surface area contributed by atoms with Gasteiger partial charge >= 0.3 is 0 Å². The van der Waals surface area contributed by atoms with E-state index in [1.54, 1.807) is 6.20 Å². The van der Waals surface area contributed by atoms with E-state index in [0.29, 0.717) is 5.52 Å². The average molecular weight is 279 g/mol. The van der Waals surface area contributed by atoms with Crippen molar-refractivity contribution in [3.8, 4) is 11.3 Å². The molecular weight excluding hydrogens is 262 g/mol. The van der Waals surface area contributed by atoms with Gasteiger partial charge in [0.15, 0.2) is 0 Å². The Morgan fingerprint density at radius 1 is 1.10 bits per heavy atom. The molecule has 0 spiro atoms. The fraction of sp³-hybridized carbons (Fsp3) is 0.235. The molecule has 0 aliphatic heterocycles. The van der Waals surface area contributed by atoms with E-state index < -0.39 is 0 Å². The molecule has 106 valence electrons. The summed E-state index contributed by atoms with van der Waals surface area (Å²) in [5.41, 5.74) is 3.31. The minimum Gasteiger partial charge on any atom is -0.265 e. The van der Waals surface area contributed by atoms with E-state index in [0.717, 1.165) is 16.6 Å². The minimum absolute atomic E-state index is 0.00638. The molecule has 0 amide bonds. The summed E-state index contributed by atoms with van der Waals surface area (Å²) >= 11 is 0. The quantitative estimate of drug-likeness (QED) is 0.722. The van der Waals surface area contributed by atoms with Gasteiger partial charge in [0.1, 0.15) is 11.2 Å².